The maximum Gasteiger partial charge on any atom is 0.325 e. The lowest BCUT2D eigenvalue weighted by atomic mass is 10.1. The van der Waals surface area contributed by atoms with Gasteiger partial charge in [0.05, 0.1) is 5.75 Å². The van der Waals surface area contributed by atoms with Gasteiger partial charge >= 0.3 is 6.01 Å². The highest BCUT2D eigenvalue weighted by atomic mass is 32.2. The molecule has 0 unspecified atom stereocenters. The van der Waals surface area contributed by atoms with E-state index in [1.165, 1.54) is 4.57 Å². The number of benzene rings is 1. The summed E-state index contributed by atoms with van der Waals surface area (Å²) in [6, 6.07) is 7.37. The first kappa shape index (κ1) is 22.6. The molecule has 1 aromatic carbocycles. The zero-order valence-corrected chi connectivity index (χ0v) is 19.2. The zero-order valence-electron chi connectivity index (χ0n) is 18.3. The van der Waals surface area contributed by atoms with Crippen LogP contribution >= 0.6 is 0 Å². The molecule has 0 saturated heterocycles. The molecular weight excluding hydrogens is 416 g/mol. The molecule has 0 aliphatic carbocycles. The molecule has 0 amide bonds. The van der Waals surface area contributed by atoms with Crippen LogP contribution in [0, 0.1) is 20.8 Å². The minimum Gasteiger partial charge on any atom is -0.424 e. The van der Waals surface area contributed by atoms with Gasteiger partial charge in [-0.3, -0.25) is 4.79 Å². The van der Waals surface area contributed by atoms with Crippen molar-refractivity contribution >= 4 is 9.84 Å². The summed E-state index contributed by atoms with van der Waals surface area (Å²) in [5, 5.41) is 0. The van der Waals surface area contributed by atoms with Gasteiger partial charge in [-0.1, -0.05) is 24.6 Å². The number of ether oxygens (including phenoxy) is 1. The van der Waals surface area contributed by atoms with Crippen LogP contribution in [0.1, 0.15) is 35.9 Å². The molecule has 3 aromatic rings. The van der Waals surface area contributed by atoms with Crippen LogP contribution in [0.3, 0.4) is 0 Å². The Hall–Kier alpha value is -3.07. The third-order valence-electron chi connectivity index (χ3n) is 4.68. The van der Waals surface area contributed by atoms with E-state index < -0.39 is 9.84 Å². The molecule has 31 heavy (non-hydrogen) atoms. The van der Waals surface area contributed by atoms with Crippen LogP contribution in [-0.4, -0.2) is 33.7 Å². The van der Waals surface area contributed by atoms with Crippen LogP contribution < -0.4 is 10.3 Å². The summed E-state index contributed by atoms with van der Waals surface area (Å²) in [4.78, 5) is 25.1. The van der Waals surface area contributed by atoms with E-state index in [-0.39, 0.29) is 34.7 Å². The molecule has 0 spiro atoms. The van der Waals surface area contributed by atoms with Crippen molar-refractivity contribution in [3.8, 4) is 23.1 Å². The smallest absolute Gasteiger partial charge is 0.325 e. The summed E-state index contributed by atoms with van der Waals surface area (Å²) >= 11 is 0. The van der Waals surface area contributed by atoms with E-state index in [1.54, 1.807) is 33.2 Å². The Kier molecular flexibility index (Phi) is 6.54. The summed E-state index contributed by atoms with van der Waals surface area (Å²) in [6.07, 6.45) is 2.11. The number of nitrogens with zero attached hydrogens (tertiary/aromatic N) is 4. The van der Waals surface area contributed by atoms with Gasteiger partial charge in [-0.25, -0.2) is 13.4 Å². The van der Waals surface area contributed by atoms with Crippen molar-refractivity contribution < 1.29 is 13.2 Å². The number of hydrogen-bond acceptors (Lipinski definition) is 7. The molecule has 0 aliphatic rings. The highest BCUT2D eigenvalue weighted by Crippen LogP contribution is 2.25. The topological polar surface area (TPSA) is 104 Å². The van der Waals surface area contributed by atoms with Gasteiger partial charge in [0.1, 0.15) is 11.5 Å². The number of aromatic nitrogens is 4. The normalized spacial score (nSPS) is 11.5. The fraction of sp³-hybridized carbons (Fsp3) is 0.364. The molecule has 0 atom stereocenters. The van der Waals surface area contributed by atoms with Gasteiger partial charge in [0.15, 0.2) is 21.5 Å². The van der Waals surface area contributed by atoms with Gasteiger partial charge < -0.3 is 9.30 Å². The fourth-order valence-corrected chi connectivity index (χ4v) is 4.52. The van der Waals surface area contributed by atoms with E-state index in [0.29, 0.717) is 23.3 Å². The summed E-state index contributed by atoms with van der Waals surface area (Å²) < 4.78 is 32.1. The second kappa shape index (κ2) is 8.97. The van der Waals surface area contributed by atoms with Crippen LogP contribution in [-0.2, 0) is 22.6 Å². The van der Waals surface area contributed by atoms with Gasteiger partial charge in [-0.2, -0.15) is 9.97 Å². The first-order valence-corrected chi connectivity index (χ1v) is 11.8. The van der Waals surface area contributed by atoms with E-state index in [4.69, 9.17) is 4.74 Å². The SMILES string of the molecule is CCCS(=O)(=O)Cc1nc(Oc2ccc(C)cc2C)nc(-c2cc(C)c(=O)n(C)c2)n1. The van der Waals surface area contributed by atoms with Gasteiger partial charge in [0.2, 0.25) is 0 Å². The van der Waals surface area contributed by atoms with Gasteiger partial charge in [-0.05, 0) is 44.9 Å². The number of rotatable bonds is 7. The fourth-order valence-electron chi connectivity index (χ4n) is 3.23. The van der Waals surface area contributed by atoms with E-state index in [2.05, 4.69) is 15.0 Å². The lowest BCUT2D eigenvalue weighted by molar-refractivity contribution is 0.434. The monoisotopic (exact) mass is 442 g/mol. The molecule has 0 aliphatic heterocycles. The van der Waals surface area contributed by atoms with Crippen LogP contribution in [0.5, 0.6) is 11.8 Å². The summed E-state index contributed by atoms with van der Waals surface area (Å²) in [6.45, 7) is 7.40. The minimum atomic E-state index is -3.37. The maximum atomic E-state index is 12.4. The molecule has 2 aromatic heterocycles. The van der Waals surface area contributed by atoms with E-state index in [0.717, 1.165) is 11.1 Å². The number of hydrogen-bond donors (Lipinski definition) is 0. The molecule has 0 N–H and O–H groups in total. The third-order valence-corrected chi connectivity index (χ3v) is 6.41. The van der Waals surface area contributed by atoms with Crippen LogP contribution in [0.2, 0.25) is 0 Å². The Balaban J connectivity index is 2.10. The minimum absolute atomic E-state index is 0.00478. The average molecular weight is 443 g/mol. The quantitative estimate of drug-likeness (QED) is 0.553. The molecule has 2 heterocycles. The number of pyridine rings is 1. The molecule has 3 rings (SSSR count). The molecule has 0 radical (unpaired) electrons. The maximum absolute atomic E-state index is 12.4. The molecular formula is C22H26N4O4S. The molecule has 8 nitrogen and oxygen atoms in total. The van der Waals surface area contributed by atoms with Crippen LogP contribution in [0.4, 0.5) is 0 Å². The predicted molar refractivity (Wildman–Crippen MR) is 119 cm³/mol. The Morgan fingerprint density at radius 1 is 1.03 bits per heavy atom. The van der Waals surface area contributed by atoms with Crippen LogP contribution in [0.15, 0.2) is 35.3 Å². The van der Waals surface area contributed by atoms with Gasteiger partial charge in [0, 0.05) is 24.4 Å². The summed E-state index contributed by atoms with van der Waals surface area (Å²) in [5.41, 5.74) is 2.96. The molecule has 0 fully saturated rings. The molecule has 0 bridgehead atoms. The predicted octanol–water partition coefficient (Wildman–Crippen LogP) is 3.28. The lowest BCUT2D eigenvalue weighted by Gasteiger charge is -2.11. The Morgan fingerprint density at radius 2 is 1.77 bits per heavy atom. The summed E-state index contributed by atoms with van der Waals surface area (Å²) in [7, 11) is -1.74. The first-order chi connectivity index (χ1) is 14.6. The Morgan fingerprint density at radius 3 is 2.42 bits per heavy atom. The van der Waals surface area contributed by atoms with Crippen molar-refractivity contribution in [1.29, 1.82) is 0 Å². The van der Waals surface area contributed by atoms with Crippen molar-refractivity contribution in [3.63, 3.8) is 0 Å². The molecule has 164 valence electrons. The number of sulfone groups is 1. The standard InChI is InChI=1S/C22H26N4O4S/c1-6-9-31(28,29)13-19-23-20(17-11-16(4)21(27)26(5)12-17)25-22(24-19)30-18-8-7-14(2)10-15(18)3/h7-8,10-12H,6,9,13H2,1-5H3. The first-order valence-electron chi connectivity index (χ1n) is 9.96. The highest BCUT2D eigenvalue weighted by molar-refractivity contribution is 7.90. The van der Waals surface area contributed by atoms with Gasteiger partial charge in [-0.15, -0.1) is 0 Å². The average Bonchev–Trinajstić information content (AvgIpc) is 2.67. The van der Waals surface area contributed by atoms with Crippen molar-refractivity contribution in [2.75, 3.05) is 5.75 Å². The molecule has 0 saturated carbocycles. The van der Waals surface area contributed by atoms with Crippen molar-refractivity contribution in [1.82, 2.24) is 19.5 Å². The largest absolute Gasteiger partial charge is 0.424 e. The highest BCUT2D eigenvalue weighted by Gasteiger charge is 2.18. The second-order valence-electron chi connectivity index (χ2n) is 7.65. The van der Waals surface area contributed by atoms with Crippen molar-refractivity contribution in [3.05, 3.63) is 63.3 Å². The van der Waals surface area contributed by atoms with E-state index in [1.807, 2.05) is 32.0 Å². The molecule has 9 heteroatoms. The van der Waals surface area contributed by atoms with Gasteiger partial charge in [0.25, 0.3) is 5.56 Å². The summed E-state index contributed by atoms with van der Waals surface area (Å²) in [5.74, 6) is 0.645. The van der Waals surface area contributed by atoms with Crippen molar-refractivity contribution in [2.45, 2.75) is 39.9 Å². The Labute approximate surface area is 181 Å². The third kappa shape index (κ3) is 5.55. The number of aryl methyl sites for hydroxylation is 4. The van der Waals surface area contributed by atoms with Crippen LogP contribution in [0.25, 0.3) is 11.4 Å². The van der Waals surface area contributed by atoms with E-state index in [9.17, 15) is 13.2 Å². The Bertz CT molecular complexity index is 1260. The van der Waals surface area contributed by atoms with Crippen molar-refractivity contribution in [2.24, 2.45) is 7.05 Å². The second-order valence-corrected chi connectivity index (χ2v) is 9.83. The van der Waals surface area contributed by atoms with E-state index >= 15 is 0 Å². The lowest BCUT2D eigenvalue weighted by Crippen LogP contribution is -2.19. The zero-order chi connectivity index (χ0) is 22.8.